The summed E-state index contributed by atoms with van der Waals surface area (Å²) < 4.78 is 0. The van der Waals surface area contributed by atoms with Gasteiger partial charge >= 0.3 is 0 Å². The number of nitrogens with zero attached hydrogens (tertiary/aromatic N) is 3. The highest BCUT2D eigenvalue weighted by molar-refractivity contribution is 5.79. The van der Waals surface area contributed by atoms with Crippen molar-refractivity contribution in [3.8, 4) is 0 Å². The fraction of sp³-hybridized carbons (Fsp3) is 0.526. The van der Waals surface area contributed by atoms with E-state index in [1.54, 1.807) is 21.6 Å². The van der Waals surface area contributed by atoms with E-state index >= 15 is 0 Å². The average Bonchev–Trinajstić information content (AvgIpc) is 2.62. The zero-order valence-corrected chi connectivity index (χ0v) is 15.3. The lowest BCUT2D eigenvalue weighted by atomic mass is 10.1. The van der Waals surface area contributed by atoms with Gasteiger partial charge in [0.1, 0.15) is 0 Å². The maximum Gasteiger partial charge on any atom is 0.224 e. The standard InChI is InChI=1S/C19H27N3O3/c1-15(18-7-5-4-6-8-18)22(17(3)24)10-9-19(25)21-13-11-20(12-14-21)16(2)23/h4-8,15H,9-14H2,1-3H3. The molecule has 6 heteroatoms. The molecule has 0 radical (unpaired) electrons. The van der Waals surface area contributed by atoms with Gasteiger partial charge in [-0.2, -0.15) is 0 Å². The molecular weight excluding hydrogens is 318 g/mol. The van der Waals surface area contributed by atoms with E-state index < -0.39 is 0 Å². The number of piperazine rings is 1. The van der Waals surface area contributed by atoms with E-state index in [-0.39, 0.29) is 23.8 Å². The Bertz CT molecular complexity index is 610. The third-order valence-electron chi connectivity index (χ3n) is 4.80. The quantitative estimate of drug-likeness (QED) is 0.816. The Kier molecular flexibility index (Phi) is 6.56. The van der Waals surface area contributed by atoms with Crippen LogP contribution in [0.2, 0.25) is 0 Å². The second kappa shape index (κ2) is 8.65. The molecule has 0 spiro atoms. The minimum Gasteiger partial charge on any atom is -0.339 e. The van der Waals surface area contributed by atoms with Gasteiger partial charge in [0.25, 0.3) is 0 Å². The predicted molar refractivity (Wildman–Crippen MR) is 95.7 cm³/mol. The van der Waals surface area contributed by atoms with Crippen molar-refractivity contribution in [2.24, 2.45) is 0 Å². The van der Waals surface area contributed by atoms with Crippen LogP contribution >= 0.6 is 0 Å². The maximum atomic E-state index is 12.4. The number of rotatable bonds is 5. The molecular formula is C19H27N3O3. The van der Waals surface area contributed by atoms with Gasteiger partial charge in [0.2, 0.25) is 17.7 Å². The highest BCUT2D eigenvalue weighted by Gasteiger charge is 2.24. The summed E-state index contributed by atoms with van der Waals surface area (Å²) in [6.45, 7) is 7.75. The second-order valence-corrected chi connectivity index (χ2v) is 6.44. The number of benzene rings is 1. The van der Waals surface area contributed by atoms with Gasteiger partial charge in [0.05, 0.1) is 6.04 Å². The van der Waals surface area contributed by atoms with E-state index in [1.165, 1.54) is 6.92 Å². The molecule has 1 aliphatic heterocycles. The Hall–Kier alpha value is -2.37. The summed E-state index contributed by atoms with van der Waals surface area (Å²) >= 11 is 0. The second-order valence-electron chi connectivity index (χ2n) is 6.44. The first-order valence-electron chi connectivity index (χ1n) is 8.75. The molecule has 1 aromatic rings. The van der Waals surface area contributed by atoms with Crippen molar-refractivity contribution in [1.29, 1.82) is 0 Å². The van der Waals surface area contributed by atoms with Crippen LogP contribution < -0.4 is 0 Å². The average molecular weight is 345 g/mol. The lowest BCUT2D eigenvalue weighted by molar-refractivity contribution is -0.139. The molecule has 0 N–H and O–H groups in total. The van der Waals surface area contributed by atoms with Crippen LogP contribution in [-0.2, 0) is 14.4 Å². The molecule has 0 aromatic heterocycles. The minimum absolute atomic E-state index is 0.0365. The molecule has 1 saturated heterocycles. The Labute approximate surface area is 149 Å². The van der Waals surface area contributed by atoms with Crippen molar-refractivity contribution in [3.63, 3.8) is 0 Å². The monoisotopic (exact) mass is 345 g/mol. The third-order valence-corrected chi connectivity index (χ3v) is 4.80. The van der Waals surface area contributed by atoms with E-state index in [0.717, 1.165) is 5.56 Å². The fourth-order valence-corrected chi connectivity index (χ4v) is 3.18. The zero-order chi connectivity index (χ0) is 18.4. The molecule has 1 aliphatic rings. The van der Waals surface area contributed by atoms with E-state index in [9.17, 15) is 14.4 Å². The highest BCUT2D eigenvalue weighted by Crippen LogP contribution is 2.20. The number of amides is 3. The zero-order valence-electron chi connectivity index (χ0n) is 15.3. The highest BCUT2D eigenvalue weighted by atomic mass is 16.2. The van der Waals surface area contributed by atoms with Gasteiger partial charge in [-0.1, -0.05) is 30.3 Å². The molecule has 1 aromatic carbocycles. The van der Waals surface area contributed by atoms with Crippen molar-refractivity contribution in [2.75, 3.05) is 32.7 Å². The molecule has 6 nitrogen and oxygen atoms in total. The number of carbonyl (C=O) groups is 3. The molecule has 3 amide bonds. The van der Waals surface area contributed by atoms with Crippen LogP contribution in [0.3, 0.4) is 0 Å². The van der Waals surface area contributed by atoms with Crippen LogP contribution in [-0.4, -0.2) is 65.1 Å². The predicted octanol–water partition coefficient (Wildman–Crippen LogP) is 1.68. The molecule has 2 rings (SSSR count). The summed E-state index contributed by atoms with van der Waals surface area (Å²) in [7, 11) is 0. The molecule has 0 bridgehead atoms. The molecule has 1 unspecified atom stereocenters. The molecule has 25 heavy (non-hydrogen) atoms. The fourth-order valence-electron chi connectivity index (χ4n) is 3.18. The molecule has 1 heterocycles. The van der Waals surface area contributed by atoms with Gasteiger partial charge in [-0.3, -0.25) is 14.4 Å². The smallest absolute Gasteiger partial charge is 0.224 e. The molecule has 1 atom stereocenters. The molecule has 1 fully saturated rings. The van der Waals surface area contributed by atoms with E-state index in [0.29, 0.717) is 39.1 Å². The van der Waals surface area contributed by atoms with Crippen molar-refractivity contribution < 1.29 is 14.4 Å². The summed E-state index contributed by atoms with van der Waals surface area (Å²) in [5.41, 5.74) is 1.06. The summed E-state index contributed by atoms with van der Waals surface area (Å²) in [5, 5.41) is 0. The number of hydrogen-bond acceptors (Lipinski definition) is 3. The van der Waals surface area contributed by atoms with Crippen molar-refractivity contribution in [1.82, 2.24) is 14.7 Å². The topological polar surface area (TPSA) is 60.9 Å². The summed E-state index contributed by atoms with van der Waals surface area (Å²) in [6.07, 6.45) is 0.302. The van der Waals surface area contributed by atoms with Crippen molar-refractivity contribution in [3.05, 3.63) is 35.9 Å². The summed E-state index contributed by atoms with van der Waals surface area (Å²) in [4.78, 5) is 41.1. The Morgan fingerprint density at radius 2 is 1.56 bits per heavy atom. The Morgan fingerprint density at radius 1 is 1.00 bits per heavy atom. The van der Waals surface area contributed by atoms with Crippen LogP contribution in [0.5, 0.6) is 0 Å². The number of hydrogen-bond donors (Lipinski definition) is 0. The van der Waals surface area contributed by atoms with Crippen molar-refractivity contribution >= 4 is 17.7 Å². The van der Waals surface area contributed by atoms with Crippen LogP contribution in [0.4, 0.5) is 0 Å². The largest absolute Gasteiger partial charge is 0.339 e. The minimum atomic E-state index is -0.0685. The van der Waals surface area contributed by atoms with Gasteiger partial charge in [-0.25, -0.2) is 0 Å². The maximum absolute atomic E-state index is 12.4. The van der Waals surface area contributed by atoms with E-state index in [4.69, 9.17) is 0 Å². The van der Waals surface area contributed by atoms with E-state index in [1.807, 2.05) is 37.3 Å². The van der Waals surface area contributed by atoms with Gasteiger partial charge in [0, 0.05) is 53.0 Å². The normalized spacial score (nSPS) is 15.6. The van der Waals surface area contributed by atoms with Crippen LogP contribution in [0.15, 0.2) is 30.3 Å². The van der Waals surface area contributed by atoms with Gasteiger partial charge < -0.3 is 14.7 Å². The van der Waals surface area contributed by atoms with Gasteiger partial charge in [0.15, 0.2) is 0 Å². The Morgan fingerprint density at radius 3 is 2.08 bits per heavy atom. The van der Waals surface area contributed by atoms with E-state index in [2.05, 4.69) is 0 Å². The van der Waals surface area contributed by atoms with Crippen LogP contribution in [0.25, 0.3) is 0 Å². The molecule has 0 saturated carbocycles. The van der Waals surface area contributed by atoms with Gasteiger partial charge in [-0.05, 0) is 12.5 Å². The lowest BCUT2D eigenvalue weighted by Gasteiger charge is -2.35. The first-order chi connectivity index (χ1) is 11.9. The third kappa shape index (κ3) is 5.05. The summed E-state index contributed by atoms with van der Waals surface area (Å²) in [5.74, 6) is 0.0480. The first-order valence-corrected chi connectivity index (χ1v) is 8.75. The van der Waals surface area contributed by atoms with Gasteiger partial charge in [-0.15, -0.1) is 0 Å². The van der Waals surface area contributed by atoms with Crippen LogP contribution in [0.1, 0.15) is 38.8 Å². The number of carbonyl (C=O) groups excluding carboxylic acids is 3. The molecule has 136 valence electrons. The SMILES string of the molecule is CC(=O)N1CCN(C(=O)CCN(C(C)=O)C(C)c2ccccc2)CC1. The van der Waals surface area contributed by atoms with Crippen LogP contribution in [0, 0.1) is 0 Å². The van der Waals surface area contributed by atoms with Crippen molar-refractivity contribution in [2.45, 2.75) is 33.2 Å². The molecule has 0 aliphatic carbocycles. The summed E-state index contributed by atoms with van der Waals surface area (Å²) in [6, 6.07) is 9.75. The first kappa shape index (κ1) is 19.0. The lowest BCUT2D eigenvalue weighted by Crippen LogP contribution is -2.50. The Balaban J connectivity index is 1.90.